The van der Waals surface area contributed by atoms with Crippen LogP contribution < -0.4 is 0 Å². The molecule has 0 fully saturated rings. The summed E-state index contributed by atoms with van der Waals surface area (Å²) in [5.41, 5.74) is 0.618. The van der Waals surface area contributed by atoms with Crippen LogP contribution in [0.15, 0.2) is 60.7 Å². The smallest absolute Gasteiger partial charge is 0.138 e. The van der Waals surface area contributed by atoms with Crippen molar-refractivity contribution in [2.24, 2.45) is 0 Å². The molecular weight excluding hydrogens is 224 g/mol. The molecule has 0 aliphatic rings. The van der Waals surface area contributed by atoms with E-state index in [1.54, 1.807) is 0 Å². The molecule has 0 aliphatic heterocycles. The van der Waals surface area contributed by atoms with Crippen molar-refractivity contribution in [3.05, 3.63) is 71.8 Å². The van der Waals surface area contributed by atoms with Gasteiger partial charge < -0.3 is 9.84 Å². The molecule has 0 radical (unpaired) electrons. The van der Waals surface area contributed by atoms with Gasteiger partial charge in [0.1, 0.15) is 5.60 Å². The fourth-order valence-electron chi connectivity index (χ4n) is 2.01. The second-order valence-corrected chi connectivity index (χ2v) is 4.23. The Morgan fingerprint density at radius 3 is 1.72 bits per heavy atom. The normalized spacial score (nSPS) is 11.4. The summed E-state index contributed by atoms with van der Waals surface area (Å²) in [5, 5.41) is 11.0. The van der Waals surface area contributed by atoms with Gasteiger partial charge in [-0.25, -0.2) is 0 Å². The Bertz CT molecular complexity index is 425. The third-order valence-electron chi connectivity index (χ3n) is 3.02. The number of aliphatic hydroxyl groups is 1. The maximum absolute atomic E-state index is 11.0. The molecule has 0 heterocycles. The lowest BCUT2D eigenvalue weighted by molar-refractivity contribution is -0.0183. The van der Waals surface area contributed by atoms with Crippen molar-refractivity contribution in [1.82, 2.24) is 0 Å². The average molecular weight is 242 g/mol. The van der Waals surface area contributed by atoms with Crippen LogP contribution in [0.3, 0.4) is 0 Å². The van der Waals surface area contributed by atoms with Gasteiger partial charge in [-0.05, 0) is 18.1 Å². The lowest BCUT2D eigenvalue weighted by Gasteiger charge is -2.29. The largest absolute Gasteiger partial charge is 0.378 e. The predicted octanol–water partition coefficient (Wildman–Crippen LogP) is 2.96. The van der Waals surface area contributed by atoms with Gasteiger partial charge in [-0.2, -0.15) is 0 Å². The molecule has 94 valence electrons. The molecular formula is C16H18O2. The van der Waals surface area contributed by atoms with Crippen molar-refractivity contribution in [2.45, 2.75) is 12.5 Å². The average Bonchev–Trinajstić information content (AvgIpc) is 2.46. The van der Waals surface area contributed by atoms with Gasteiger partial charge in [0.2, 0.25) is 0 Å². The number of ether oxygens (including phenoxy) is 1. The predicted molar refractivity (Wildman–Crippen MR) is 72.4 cm³/mol. The molecule has 0 saturated heterocycles. The molecule has 2 aromatic carbocycles. The first-order chi connectivity index (χ1) is 8.77. The molecule has 2 rings (SSSR count). The maximum atomic E-state index is 11.0. The summed E-state index contributed by atoms with van der Waals surface area (Å²) >= 11 is 0. The molecule has 0 aromatic heterocycles. The van der Waals surface area contributed by atoms with Crippen molar-refractivity contribution < 1.29 is 9.84 Å². The Morgan fingerprint density at radius 1 is 0.889 bits per heavy atom. The fourth-order valence-corrected chi connectivity index (χ4v) is 2.01. The Kier molecular flexibility index (Phi) is 4.13. The van der Waals surface area contributed by atoms with E-state index in [2.05, 4.69) is 0 Å². The highest BCUT2D eigenvalue weighted by Crippen LogP contribution is 2.29. The van der Waals surface area contributed by atoms with Crippen LogP contribution in [-0.4, -0.2) is 18.3 Å². The molecule has 0 aliphatic carbocycles. The van der Waals surface area contributed by atoms with Gasteiger partial charge >= 0.3 is 0 Å². The SMILES string of the molecule is CCOCC(O)(c1ccccc1)c1ccccc1. The minimum Gasteiger partial charge on any atom is -0.378 e. The van der Waals surface area contributed by atoms with E-state index in [0.717, 1.165) is 11.1 Å². The summed E-state index contributed by atoms with van der Waals surface area (Å²) in [6.45, 7) is 2.77. The molecule has 1 N–H and O–H groups in total. The van der Waals surface area contributed by atoms with Crippen LogP contribution in [0.4, 0.5) is 0 Å². The Morgan fingerprint density at radius 2 is 1.33 bits per heavy atom. The molecule has 2 nitrogen and oxygen atoms in total. The second kappa shape index (κ2) is 5.80. The van der Waals surface area contributed by atoms with Gasteiger partial charge in [0.05, 0.1) is 6.61 Å². The van der Waals surface area contributed by atoms with E-state index in [1.165, 1.54) is 0 Å². The summed E-state index contributed by atoms with van der Waals surface area (Å²) < 4.78 is 5.46. The quantitative estimate of drug-likeness (QED) is 0.873. The zero-order chi connectivity index (χ0) is 12.8. The van der Waals surface area contributed by atoms with Crippen LogP contribution in [0.1, 0.15) is 18.1 Å². The summed E-state index contributed by atoms with van der Waals surface area (Å²) in [6.07, 6.45) is 0. The Balaban J connectivity index is 2.41. The van der Waals surface area contributed by atoms with Crippen LogP contribution in [0.2, 0.25) is 0 Å². The van der Waals surface area contributed by atoms with E-state index in [0.29, 0.717) is 6.61 Å². The second-order valence-electron chi connectivity index (χ2n) is 4.23. The molecule has 0 atom stereocenters. The molecule has 0 unspecified atom stereocenters. The lowest BCUT2D eigenvalue weighted by Crippen LogP contribution is -2.33. The number of benzene rings is 2. The van der Waals surface area contributed by atoms with Gasteiger partial charge in [0.15, 0.2) is 0 Å². The molecule has 2 aromatic rings. The van der Waals surface area contributed by atoms with E-state index in [-0.39, 0.29) is 6.61 Å². The van der Waals surface area contributed by atoms with E-state index in [9.17, 15) is 5.11 Å². The first kappa shape index (κ1) is 12.8. The number of hydrogen-bond acceptors (Lipinski definition) is 2. The first-order valence-corrected chi connectivity index (χ1v) is 6.18. The highest BCUT2D eigenvalue weighted by atomic mass is 16.5. The summed E-state index contributed by atoms with van der Waals surface area (Å²) in [7, 11) is 0. The van der Waals surface area contributed by atoms with Gasteiger partial charge in [-0.1, -0.05) is 60.7 Å². The zero-order valence-corrected chi connectivity index (χ0v) is 10.5. The van der Waals surface area contributed by atoms with Gasteiger partial charge in [-0.15, -0.1) is 0 Å². The maximum Gasteiger partial charge on any atom is 0.138 e. The molecule has 18 heavy (non-hydrogen) atoms. The number of rotatable bonds is 5. The van der Waals surface area contributed by atoms with Crippen LogP contribution in [0, 0.1) is 0 Å². The molecule has 0 spiro atoms. The number of hydrogen-bond donors (Lipinski definition) is 1. The molecule has 2 heteroatoms. The van der Waals surface area contributed by atoms with Crippen molar-refractivity contribution in [2.75, 3.05) is 13.2 Å². The zero-order valence-electron chi connectivity index (χ0n) is 10.5. The highest BCUT2D eigenvalue weighted by Gasteiger charge is 2.31. The molecule has 0 saturated carbocycles. The van der Waals surface area contributed by atoms with Gasteiger partial charge in [0, 0.05) is 6.61 Å². The summed E-state index contributed by atoms with van der Waals surface area (Å²) in [6, 6.07) is 19.3. The Hall–Kier alpha value is -1.64. The third kappa shape index (κ3) is 2.61. The summed E-state index contributed by atoms with van der Waals surface area (Å²) in [4.78, 5) is 0. The van der Waals surface area contributed by atoms with Crippen LogP contribution in [-0.2, 0) is 10.3 Å². The first-order valence-electron chi connectivity index (χ1n) is 6.18. The van der Waals surface area contributed by atoms with E-state index >= 15 is 0 Å². The summed E-state index contributed by atoms with van der Waals surface area (Å²) in [5.74, 6) is 0. The fraction of sp³-hybridized carbons (Fsp3) is 0.250. The van der Waals surface area contributed by atoms with E-state index in [1.807, 2.05) is 67.6 Å². The van der Waals surface area contributed by atoms with Crippen LogP contribution in [0.5, 0.6) is 0 Å². The highest BCUT2D eigenvalue weighted by molar-refractivity contribution is 5.35. The van der Waals surface area contributed by atoms with Crippen molar-refractivity contribution in [1.29, 1.82) is 0 Å². The van der Waals surface area contributed by atoms with Crippen LogP contribution in [0.25, 0.3) is 0 Å². The van der Waals surface area contributed by atoms with Crippen molar-refractivity contribution in [3.63, 3.8) is 0 Å². The standard InChI is InChI=1S/C16H18O2/c1-2-18-13-16(17,14-9-5-3-6-10-14)15-11-7-4-8-12-15/h3-12,17H,2,13H2,1H3. The third-order valence-corrected chi connectivity index (χ3v) is 3.02. The minimum atomic E-state index is -1.08. The van der Waals surface area contributed by atoms with Gasteiger partial charge in [-0.3, -0.25) is 0 Å². The Labute approximate surface area is 108 Å². The van der Waals surface area contributed by atoms with Crippen molar-refractivity contribution >= 4 is 0 Å². The van der Waals surface area contributed by atoms with Crippen molar-refractivity contribution in [3.8, 4) is 0 Å². The topological polar surface area (TPSA) is 29.5 Å². The molecule has 0 bridgehead atoms. The monoisotopic (exact) mass is 242 g/mol. The lowest BCUT2D eigenvalue weighted by atomic mass is 9.87. The van der Waals surface area contributed by atoms with Crippen LogP contribution >= 0.6 is 0 Å². The molecule has 0 amide bonds. The van der Waals surface area contributed by atoms with E-state index < -0.39 is 5.60 Å². The minimum absolute atomic E-state index is 0.261. The van der Waals surface area contributed by atoms with Gasteiger partial charge in [0.25, 0.3) is 0 Å². The van der Waals surface area contributed by atoms with E-state index in [4.69, 9.17) is 4.74 Å².